The SMILES string of the molecule is C/C=C(\N(C)C/C=C/C/C=C(F)\C=C\CC)N(C)CCC(CCC)/C(=C/C=C\CCC)CC. The van der Waals surface area contributed by atoms with Crippen LogP contribution in [0.2, 0.25) is 0 Å². The standard InChI is InChI=1S/C30H51FN2/c1-8-13-15-17-21-27(11-4)28(20-10-3)24-26-33(7)30(12-5)32(6)25-19-16-18-23-29(31)22-14-9-2/h12,14-17,19,21-23,28H,8-11,13,18,20,24-26H2,1-7H3/b17-15-,19-16+,22-14+,27-21+,29-23+,30-12+. The van der Waals surface area contributed by atoms with Gasteiger partial charge in [0.25, 0.3) is 0 Å². The Balaban J connectivity index is 4.88. The highest BCUT2D eigenvalue weighted by Gasteiger charge is 2.15. The van der Waals surface area contributed by atoms with Crippen LogP contribution >= 0.6 is 0 Å². The summed E-state index contributed by atoms with van der Waals surface area (Å²) in [7, 11) is 4.31. The monoisotopic (exact) mass is 458 g/mol. The van der Waals surface area contributed by atoms with Crippen LogP contribution in [0.1, 0.15) is 86.0 Å². The van der Waals surface area contributed by atoms with Crippen molar-refractivity contribution >= 4 is 0 Å². The second kappa shape index (κ2) is 20.6. The van der Waals surface area contributed by atoms with Gasteiger partial charge in [-0.05, 0) is 69.6 Å². The molecule has 3 heteroatoms. The Hall–Kier alpha value is -2.03. The highest BCUT2D eigenvalue weighted by Crippen LogP contribution is 2.25. The van der Waals surface area contributed by atoms with Gasteiger partial charge in [0, 0.05) is 27.2 Å². The van der Waals surface area contributed by atoms with Crippen LogP contribution < -0.4 is 0 Å². The lowest BCUT2D eigenvalue weighted by atomic mass is 9.89. The van der Waals surface area contributed by atoms with Crippen LogP contribution in [-0.2, 0) is 0 Å². The summed E-state index contributed by atoms with van der Waals surface area (Å²) in [6.07, 6.45) is 26.8. The molecule has 0 fully saturated rings. The van der Waals surface area contributed by atoms with Gasteiger partial charge in [-0.1, -0.05) is 82.6 Å². The van der Waals surface area contributed by atoms with E-state index in [1.54, 1.807) is 17.7 Å². The van der Waals surface area contributed by atoms with Crippen molar-refractivity contribution in [2.75, 3.05) is 27.2 Å². The number of hydrogen-bond donors (Lipinski definition) is 0. The molecule has 0 saturated carbocycles. The normalized spacial score (nSPS) is 14.7. The molecule has 0 saturated heterocycles. The van der Waals surface area contributed by atoms with Crippen molar-refractivity contribution in [2.45, 2.75) is 86.0 Å². The van der Waals surface area contributed by atoms with Gasteiger partial charge in [-0.25, -0.2) is 4.39 Å². The van der Waals surface area contributed by atoms with Gasteiger partial charge < -0.3 is 9.80 Å². The van der Waals surface area contributed by atoms with Crippen LogP contribution in [0.4, 0.5) is 4.39 Å². The Kier molecular flexibility index (Phi) is 19.3. The predicted octanol–water partition coefficient (Wildman–Crippen LogP) is 8.98. The molecule has 2 nitrogen and oxygen atoms in total. The van der Waals surface area contributed by atoms with E-state index < -0.39 is 0 Å². The molecule has 0 aliphatic carbocycles. The van der Waals surface area contributed by atoms with Gasteiger partial charge in [-0.3, -0.25) is 0 Å². The van der Waals surface area contributed by atoms with Gasteiger partial charge in [0.05, 0.1) is 5.82 Å². The van der Waals surface area contributed by atoms with Crippen molar-refractivity contribution < 1.29 is 4.39 Å². The second-order valence-corrected chi connectivity index (χ2v) is 8.64. The average molecular weight is 459 g/mol. The van der Waals surface area contributed by atoms with Gasteiger partial charge in [0.15, 0.2) is 0 Å². The van der Waals surface area contributed by atoms with E-state index in [1.165, 1.54) is 31.5 Å². The molecular formula is C30H51FN2. The fourth-order valence-corrected chi connectivity index (χ4v) is 3.96. The van der Waals surface area contributed by atoms with Crippen LogP contribution in [0.5, 0.6) is 0 Å². The third-order valence-electron chi connectivity index (χ3n) is 5.83. The fraction of sp³-hybridized carbons (Fsp3) is 0.600. The van der Waals surface area contributed by atoms with E-state index in [0.717, 1.165) is 32.4 Å². The quantitative estimate of drug-likeness (QED) is 0.149. The maximum absolute atomic E-state index is 13.6. The highest BCUT2D eigenvalue weighted by molar-refractivity contribution is 5.15. The average Bonchev–Trinajstić information content (AvgIpc) is 2.81. The molecule has 0 bridgehead atoms. The van der Waals surface area contributed by atoms with Crippen LogP contribution in [-0.4, -0.2) is 37.0 Å². The van der Waals surface area contributed by atoms with E-state index in [2.05, 4.69) is 82.0 Å². The zero-order valence-corrected chi connectivity index (χ0v) is 22.6. The summed E-state index contributed by atoms with van der Waals surface area (Å²) in [5.74, 6) is 1.71. The van der Waals surface area contributed by atoms with E-state index in [9.17, 15) is 4.39 Å². The van der Waals surface area contributed by atoms with E-state index in [1.807, 2.05) is 19.1 Å². The summed E-state index contributed by atoms with van der Waals surface area (Å²) in [6.45, 7) is 12.7. The molecule has 0 aromatic heterocycles. The summed E-state index contributed by atoms with van der Waals surface area (Å²) < 4.78 is 13.6. The lowest BCUT2D eigenvalue weighted by Crippen LogP contribution is -2.32. The molecule has 33 heavy (non-hydrogen) atoms. The summed E-state index contributed by atoms with van der Waals surface area (Å²) in [6, 6.07) is 0. The second-order valence-electron chi connectivity index (χ2n) is 8.64. The largest absolute Gasteiger partial charge is 0.362 e. The first-order chi connectivity index (χ1) is 15.9. The molecule has 0 aromatic rings. The molecule has 0 aromatic carbocycles. The van der Waals surface area contributed by atoms with Crippen molar-refractivity contribution in [3.8, 4) is 0 Å². The number of allylic oxidation sites excluding steroid dienone is 10. The Morgan fingerprint density at radius 3 is 2.27 bits per heavy atom. The van der Waals surface area contributed by atoms with Gasteiger partial charge in [0.2, 0.25) is 0 Å². The zero-order chi connectivity index (χ0) is 24.9. The van der Waals surface area contributed by atoms with Gasteiger partial charge in [-0.15, -0.1) is 0 Å². The molecule has 0 radical (unpaired) electrons. The molecule has 0 amide bonds. The topological polar surface area (TPSA) is 6.48 Å². The highest BCUT2D eigenvalue weighted by atomic mass is 19.1. The van der Waals surface area contributed by atoms with Crippen LogP contribution in [0.15, 0.2) is 71.9 Å². The first-order valence-electron chi connectivity index (χ1n) is 13.1. The Morgan fingerprint density at radius 1 is 0.909 bits per heavy atom. The summed E-state index contributed by atoms with van der Waals surface area (Å²) in [5, 5.41) is 0. The van der Waals surface area contributed by atoms with Gasteiger partial charge in [-0.2, -0.15) is 0 Å². The number of rotatable bonds is 18. The first kappa shape index (κ1) is 31.0. The van der Waals surface area contributed by atoms with Crippen LogP contribution in [0.3, 0.4) is 0 Å². The van der Waals surface area contributed by atoms with Gasteiger partial charge >= 0.3 is 0 Å². The molecule has 0 rings (SSSR count). The van der Waals surface area contributed by atoms with Gasteiger partial charge in [0.1, 0.15) is 5.83 Å². The molecule has 0 N–H and O–H groups in total. The van der Waals surface area contributed by atoms with E-state index in [-0.39, 0.29) is 5.83 Å². The van der Waals surface area contributed by atoms with Crippen molar-refractivity contribution in [3.05, 3.63) is 71.9 Å². The summed E-state index contributed by atoms with van der Waals surface area (Å²) in [5.41, 5.74) is 1.57. The first-order valence-corrected chi connectivity index (χ1v) is 13.1. The molecule has 0 aliphatic heterocycles. The molecule has 188 valence electrons. The molecule has 0 heterocycles. The van der Waals surface area contributed by atoms with Crippen molar-refractivity contribution in [3.63, 3.8) is 0 Å². The van der Waals surface area contributed by atoms with Crippen LogP contribution in [0, 0.1) is 5.92 Å². The zero-order valence-electron chi connectivity index (χ0n) is 22.6. The number of likely N-dealkylation sites (N-methyl/N-ethyl adjacent to an activating group) is 1. The molecule has 1 atom stereocenters. The minimum Gasteiger partial charge on any atom is -0.362 e. The molecule has 1 unspecified atom stereocenters. The Labute approximate surface area is 205 Å². The van der Waals surface area contributed by atoms with E-state index in [0.29, 0.717) is 12.3 Å². The van der Waals surface area contributed by atoms with Crippen molar-refractivity contribution in [1.82, 2.24) is 9.80 Å². The maximum Gasteiger partial charge on any atom is 0.119 e. The van der Waals surface area contributed by atoms with E-state index in [4.69, 9.17) is 0 Å². The lowest BCUT2D eigenvalue weighted by molar-refractivity contribution is 0.267. The van der Waals surface area contributed by atoms with Crippen molar-refractivity contribution in [1.29, 1.82) is 0 Å². The molecule has 0 aliphatic rings. The third kappa shape index (κ3) is 14.7. The lowest BCUT2D eigenvalue weighted by Gasteiger charge is -2.32. The molecule has 0 spiro atoms. The Morgan fingerprint density at radius 2 is 1.67 bits per heavy atom. The van der Waals surface area contributed by atoms with Crippen LogP contribution in [0.25, 0.3) is 0 Å². The Bertz CT molecular complexity index is 667. The minimum absolute atomic E-state index is 0.160. The number of halogens is 1. The number of hydrogen-bond acceptors (Lipinski definition) is 2. The maximum atomic E-state index is 13.6. The van der Waals surface area contributed by atoms with E-state index >= 15 is 0 Å². The number of nitrogens with zero attached hydrogens (tertiary/aromatic N) is 2. The predicted molar refractivity (Wildman–Crippen MR) is 147 cm³/mol. The summed E-state index contributed by atoms with van der Waals surface area (Å²) >= 11 is 0. The van der Waals surface area contributed by atoms with Crippen molar-refractivity contribution in [2.24, 2.45) is 5.92 Å². The summed E-state index contributed by atoms with van der Waals surface area (Å²) in [4.78, 5) is 4.62. The fourth-order valence-electron chi connectivity index (χ4n) is 3.96. The molecular weight excluding hydrogens is 407 g/mol. The minimum atomic E-state index is -0.160. The number of unbranched alkanes of at least 4 members (excludes halogenated alkanes) is 1. The smallest absolute Gasteiger partial charge is 0.119 e. The third-order valence-corrected chi connectivity index (χ3v) is 5.83.